The number of hydrogen-bond donors (Lipinski definition) is 1. The standard InChI is InChI=1S/C11H20N2O3S/c1-9(2)13-10(14)7-17(15,16)6-5-11(3,4)8-12/h9H,5-7H2,1-4H3,(H,13,14). The molecular formula is C11H20N2O3S. The van der Waals surface area contributed by atoms with Crippen molar-refractivity contribution in [2.75, 3.05) is 11.5 Å². The largest absolute Gasteiger partial charge is 0.353 e. The van der Waals surface area contributed by atoms with Crippen LogP contribution in [0.4, 0.5) is 0 Å². The summed E-state index contributed by atoms with van der Waals surface area (Å²) in [4.78, 5) is 11.3. The van der Waals surface area contributed by atoms with Gasteiger partial charge in [-0.3, -0.25) is 4.79 Å². The van der Waals surface area contributed by atoms with E-state index in [9.17, 15) is 13.2 Å². The Morgan fingerprint density at radius 3 is 2.35 bits per heavy atom. The van der Waals surface area contributed by atoms with Crippen molar-refractivity contribution in [2.24, 2.45) is 5.41 Å². The van der Waals surface area contributed by atoms with E-state index < -0.39 is 26.9 Å². The number of sulfone groups is 1. The van der Waals surface area contributed by atoms with E-state index in [0.29, 0.717) is 0 Å². The van der Waals surface area contributed by atoms with Crippen molar-refractivity contribution < 1.29 is 13.2 Å². The Hall–Kier alpha value is -1.09. The number of nitriles is 1. The van der Waals surface area contributed by atoms with Crippen molar-refractivity contribution in [1.82, 2.24) is 5.32 Å². The summed E-state index contributed by atoms with van der Waals surface area (Å²) in [5.74, 6) is -1.14. The summed E-state index contributed by atoms with van der Waals surface area (Å²) in [6.45, 7) is 6.89. The molecule has 17 heavy (non-hydrogen) atoms. The van der Waals surface area contributed by atoms with E-state index >= 15 is 0 Å². The lowest BCUT2D eigenvalue weighted by Gasteiger charge is -2.15. The summed E-state index contributed by atoms with van der Waals surface area (Å²) in [7, 11) is -3.43. The Balaban J connectivity index is 4.33. The molecule has 0 bridgehead atoms. The fraction of sp³-hybridized carbons (Fsp3) is 0.818. The molecule has 0 aliphatic heterocycles. The van der Waals surface area contributed by atoms with Gasteiger partial charge in [-0.05, 0) is 34.1 Å². The minimum absolute atomic E-state index is 0.0757. The zero-order chi connectivity index (χ0) is 13.7. The van der Waals surface area contributed by atoms with Gasteiger partial charge >= 0.3 is 0 Å². The zero-order valence-corrected chi connectivity index (χ0v) is 11.6. The molecule has 1 amide bonds. The summed E-state index contributed by atoms with van der Waals surface area (Å²) in [5.41, 5.74) is -0.679. The molecular weight excluding hydrogens is 240 g/mol. The minimum Gasteiger partial charge on any atom is -0.353 e. The third-order valence-corrected chi connectivity index (χ3v) is 3.67. The number of rotatable bonds is 6. The highest BCUT2D eigenvalue weighted by Gasteiger charge is 2.23. The van der Waals surface area contributed by atoms with Gasteiger partial charge in [-0.25, -0.2) is 8.42 Å². The van der Waals surface area contributed by atoms with E-state index in [1.165, 1.54) is 0 Å². The van der Waals surface area contributed by atoms with Crippen LogP contribution in [0, 0.1) is 16.7 Å². The Labute approximate surface area is 103 Å². The predicted molar refractivity (Wildman–Crippen MR) is 65.9 cm³/mol. The van der Waals surface area contributed by atoms with Gasteiger partial charge < -0.3 is 5.32 Å². The molecule has 0 saturated carbocycles. The van der Waals surface area contributed by atoms with E-state index in [-0.39, 0.29) is 18.2 Å². The Morgan fingerprint density at radius 1 is 1.41 bits per heavy atom. The highest BCUT2D eigenvalue weighted by molar-refractivity contribution is 7.92. The smallest absolute Gasteiger partial charge is 0.235 e. The highest BCUT2D eigenvalue weighted by atomic mass is 32.2. The third kappa shape index (κ3) is 7.75. The van der Waals surface area contributed by atoms with Gasteiger partial charge in [0.2, 0.25) is 5.91 Å². The van der Waals surface area contributed by atoms with Gasteiger partial charge in [-0.2, -0.15) is 5.26 Å². The number of nitrogens with one attached hydrogen (secondary N) is 1. The molecule has 0 fully saturated rings. The summed E-state index contributed by atoms with van der Waals surface area (Å²) < 4.78 is 23.2. The first kappa shape index (κ1) is 15.9. The molecule has 0 spiro atoms. The van der Waals surface area contributed by atoms with Crippen molar-refractivity contribution in [1.29, 1.82) is 5.26 Å². The maximum Gasteiger partial charge on any atom is 0.235 e. The van der Waals surface area contributed by atoms with Crippen molar-refractivity contribution in [3.63, 3.8) is 0 Å². The molecule has 0 aromatic carbocycles. The molecule has 0 aliphatic carbocycles. The van der Waals surface area contributed by atoms with Crippen LogP contribution in [-0.4, -0.2) is 31.9 Å². The molecule has 1 N–H and O–H groups in total. The molecule has 0 aliphatic rings. The SMILES string of the molecule is CC(C)NC(=O)CS(=O)(=O)CCC(C)(C)C#N. The Morgan fingerprint density at radius 2 is 1.94 bits per heavy atom. The van der Waals surface area contributed by atoms with Gasteiger partial charge in [0.15, 0.2) is 9.84 Å². The molecule has 0 unspecified atom stereocenters. The third-order valence-electron chi connectivity index (χ3n) is 2.14. The second-order valence-electron chi connectivity index (χ2n) is 5.06. The van der Waals surface area contributed by atoms with Crippen LogP contribution in [-0.2, 0) is 14.6 Å². The number of amides is 1. The predicted octanol–water partition coefficient (Wildman–Crippen LogP) is 0.866. The van der Waals surface area contributed by atoms with Crippen LogP contribution in [0.5, 0.6) is 0 Å². The van der Waals surface area contributed by atoms with E-state index in [4.69, 9.17) is 5.26 Å². The molecule has 0 heterocycles. The minimum atomic E-state index is -3.43. The normalized spacial score (nSPS) is 12.2. The average molecular weight is 260 g/mol. The van der Waals surface area contributed by atoms with E-state index in [1.807, 2.05) is 6.07 Å². The summed E-state index contributed by atoms with van der Waals surface area (Å²) in [6, 6.07) is 1.96. The van der Waals surface area contributed by atoms with Crippen LogP contribution in [0.2, 0.25) is 0 Å². The van der Waals surface area contributed by atoms with Crippen LogP contribution in [0.3, 0.4) is 0 Å². The Kier molecular flexibility index (Phi) is 5.62. The van der Waals surface area contributed by atoms with Gasteiger partial charge in [-0.1, -0.05) is 0 Å². The van der Waals surface area contributed by atoms with Crippen LogP contribution >= 0.6 is 0 Å². The first-order valence-electron chi connectivity index (χ1n) is 5.49. The van der Waals surface area contributed by atoms with Crippen molar-refractivity contribution in [3.05, 3.63) is 0 Å². The maximum atomic E-state index is 11.6. The van der Waals surface area contributed by atoms with E-state index in [2.05, 4.69) is 5.32 Å². The van der Waals surface area contributed by atoms with Crippen molar-refractivity contribution in [2.45, 2.75) is 40.2 Å². The summed E-state index contributed by atoms with van der Waals surface area (Å²) in [6.07, 6.45) is 0.237. The molecule has 6 heteroatoms. The van der Waals surface area contributed by atoms with Gasteiger partial charge in [-0.15, -0.1) is 0 Å². The lowest BCUT2D eigenvalue weighted by Crippen LogP contribution is -2.36. The van der Waals surface area contributed by atoms with Gasteiger partial charge in [0.25, 0.3) is 0 Å². The number of hydrogen-bond acceptors (Lipinski definition) is 4. The van der Waals surface area contributed by atoms with Gasteiger partial charge in [0.1, 0.15) is 5.75 Å². The first-order valence-corrected chi connectivity index (χ1v) is 7.31. The molecule has 0 atom stereocenters. The molecule has 0 aromatic heterocycles. The fourth-order valence-corrected chi connectivity index (χ4v) is 2.55. The second-order valence-corrected chi connectivity index (χ2v) is 7.24. The Bertz CT molecular complexity index is 405. The quantitative estimate of drug-likeness (QED) is 0.767. The van der Waals surface area contributed by atoms with E-state index in [1.54, 1.807) is 27.7 Å². The molecule has 98 valence electrons. The number of nitrogens with zero attached hydrogens (tertiary/aromatic N) is 1. The summed E-state index contributed by atoms with van der Waals surface area (Å²) in [5, 5.41) is 11.3. The second kappa shape index (κ2) is 6.01. The van der Waals surface area contributed by atoms with Crippen LogP contribution in [0.15, 0.2) is 0 Å². The lowest BCUT2D eigenvalue weighted by atomic mass is 9.93. The fourth-order valence-electron chi connectivity index (χ4n) is 1.10. The maximum absolute atomic E-state index is 11.6. The van der Waals surface area contributed by atoms with Gasteiger partial charge in [0.05, 0.1) is 17.2 Å². The van der Waals surface area contributed by atoms with Crippen LogP contribution in [0.25, 0.3) is 0 Å². The van der Waals surface area contributed by atoms with Crippen LogP contribution < -0.4 is 5.32 Å². The number of carbonyl (C=O) groups is 1. The van der Waals surface area contributed by atoms with Crippen molar-refractivity contribution in [3.8, 4) is 6.07 Å². The average Bonchev–Trinajstić information content (AvgIpc) is 2.13. The monoisotopic (exact) mass is 260 g/mol. The topological polar surface area (TPSA) is 87.0 Å². The lowest BCUT2D eigenvalue weighted by molar-refractivity contribution is -0.119. The molecule has 0 radical (unpaired) electrons. The molecule has 0 saturated heterocycles. The first-order chi connectivity index (χ1) is 7.58. The van der Waals surface area contributed by atoms with Crippen LogP contribution in [0.1, 0.15) is 34.1 Å². The van der Waals surface area contributed by atoms with Gasteiger partial charge in [0, 0.05) is 6.04 Å². The number of carbonyl (C=O) groups excluding carboxylic acids is 1. The molecule has 0 aromatic rings. The van der Waals surface area contributed by atoms with Crippen molar-refractivity contribution >= 4 is 15.7 Å². The summed E-state index contributed by atoms with van der Waals surface area (Å²) >= 11 is 0. The molecule has 5 nitrogen and oxygen atoms in total. The zero-order valence-electron chi connectivity index (χ0n) is 10.8. The molecule has 0 rings (SSSR count). The highest BCUT2D eigenvalue weighted by Crippen LogP contribution is 2.19. The van der Waals surface area contributed by atoms with E-state index in [0.717, 1.165) is 0 Å².